The van der Waals surface area contributed by atoms with Crippen LogP contribution in [0.25, 0.3) is 0 Å². The first kappa shape index (κ1) is 14.2. The van der Waals surface area contributed by atoms with Crippen LogP contribution in [-0.4, -0.2) is 38.4 Å². The lowest BCUT2D eigenvalue weighted by Gasteiger charge is -2.47. The molecule has 1 fully saturated rings. The van der Waals surface area contributed by atoms with Crippen molar-refractivity contribution in [2.75, 3.05) is 25.7 Å². The molecule has 1 aromatic carbocycles. The van der Waals surface area contributed by atoms with Gasteiger partial charge in [-0.3, -0.25) is 9.89 Å². The normalized spacial score (nSPS) is 28.8. The lowest BCUT2D eigenvalue weighted by Crippen LogP contribution is -2.61. The molecular formula is C16H23N3O2. The van der Waals surface area contributed by atoms with Crippen LogP contribution in [0.2, 0.25) is 0 Å². The molecule has 0 saturated heterocycles. The molecule has 0 radical (unpaired) electrons. The predicted octanol–water partition coefficient (Wildman–Crippen LogP) is 2.16. The topological polar surface area (TPSA) is 60.1 Å². The fraction of sp³-hybridized carbons (Fsp3) is 0.562. The summed E-state index contributed by atoms with van der Waals surface area (Å²) in [4.78, 5) is 6.67. The second-order valence-corrected chi connectivity index (χ2v) is 5.76. The summed E-state index contributed by atoms with van der Waals surface area (Å²) in [5.41, 5.74) is 7.02. The van der Waals surface area contributed by atoms with Crippen molar-refractivity contribution >= 4 is 11.6 Å². The minimum Gasteiger partial charge on any atom is -0.495 e. The molecule has 1 aliphatic heterocycles. The summed E-state index contributed by atoms with van der Waals surface area (Å²) < 4.78 is 11.3. The third-order valence-corrected chi connectivity index (χ3v) is 4.73. The van der Waals surface area contributed by atoms with Gasteiger partial charge >= 0.3 is 0 Å². The molecule has 114 valence electrons. The fourth-order valence-corrected chi connectivity index (χ4v) is 3.73. The van der Waals surface area contributed by atoms with Gasteiger partial charge in [0, 0.05) is 7.11 Å². The molecular weight excluding hydrogens is 266 g/mol. The molecule has 2 N–H and O–H groups in total. The van der Waals surface area contributed by atoms with Gasteiger partial charge in [-0.2, -0.15) is 0 Å². The minimum atomic E-state index is -0.175. The van der Waals surface area contributed by atoms with Crippen molar-refractivity contribution in [3.8, 4) is 5.75 Å². The zero-order chi connectivity index (χ0) is 14.9. The third-order valence-electron chi connectivity index (χ3n) is 4.73. The highest BCUT2D eigenvalue weighted by atomic mass is 16.5. The van der Waals surface area contributed by atoms with Crippen LogP contribution < -0.4 is 15.4 Å². The van der Waals surface area contributed by atoms with E-state index in [-0.39, 0.29) is 11.6 Å². The number of guanidine groups is 1. The van der Waals surface area contributed by atoms with Gasteiger partial charge < -0.3 is 15.2 Å². The van der Waals surface area contributed by atoms with E-state index >= 15 is 0 Å². The molecule has 1 aliphatic carbocycles. The lowest BCUT2D eigenvalue weighted by molar-refractivity contribution is 0.0142. The summed E-state index contributed by atoms with van der Waals surface area (Å²) >= 11 is 0. The van der Waals surface area contributed by atoms with Gasteiger partial charge in [-0.1, -0.05) is 25.0 Å². The van der Waals surface area contributed by atoms with Crippen LogP contribution in [0.15, 0.2) is 29.3 Å². The Balaban J connectivity index is 2.06. The number of methoxy groups -OCH3 is 2. The Morgan fingerprint density at radius 3 is 2.86 bits per heavy atom. The fourth-order valence-electron chi connectivity index (χ4n) is 3.73. The predicted molar refractivity (Wildman–Crippen MR) is 84.0 cm³/mol. The van der Waals surface area contributed by atoms with E-state index in [4.69, 9.17) is 15.2 Å². The van der Waals surface area contributed by atoms with Crippen molar-refractivity contribution in [3.05, 3.63) is 24.3 Å². The maximum absolute atomic E-state index is 6.22. The van der Waals surface area contributed by atoms with Gasteiger partial charge in [0.05, 0.1) is 31.0 Å². The number of ether oxygens (including phenoxy) is 2. The average Bonchev–Trinajstić information content (AvgIpc) is 2.85. The first-order valence-electron chi connectivity index (χ1n) is 7.49. The van der Waals surface area contributed by atoms with E-state index in [0.29, 0.717) is 12.5 Å². The molecule has 5 heteroatoms. The smallest absolute Gasteiger partial charge is 0.196 e. The van der Waals surface area contributed by atoms with E-state index < -0.39 is 0 Å². The molecule has 2 unspecified atom stereocenters. The highest BCUT2D eigenvalue weighted by Crippen LogP contribution is 2.43. The Morgan fingerprint density at radius 2 is 2.10 bits per heavy atom. The largest absolute Gasteiger partial charge is 0.495 e. The standard InChI is InChI=1S/C16H23N3O2/c1-20-13-8-4-3-7-12(13)19-15(17)18-11-16(19)10-6-5-9-14(16)21-2/h3-4,7-8,14H,5-6,9-11H2,1-2H3,(H2,17,18). The second kappa shape index (κ2) is 5.56. The highest BCUT2D eigenvalue weighted by Gasteiger charge is 2.51. The molecule has 1 heterocycles. The third kappa shape index (κ3) is 2.16. The first-order valence-corrected chi connectivity index (χ1v) is 7.49. The number of nitrogens with two attached hydrogens (primary N) is 1. The molecule has 2 aliphatic rings. The van der Waals surface area contributed by atoms with Crippen LogP contribution in [0.1, 0.15) is 25.7 Å². The highest BCUT2D eigenvalue weighted by molar-refractivity contribution is 5.99. The van der Waals surface area contributed by atoms with E-state index in [1.54, 1.807) is 14.2 Å². The molecule has 21 heavy (non-hydrogen) atoms. The van der Waals surface area contributed by atoms with Gasteiger partial charge in [-0.25, -0.2) is 0 Å². The van der Waals surface area contributed by atoms with Crippen molar-refractivity contribution in [2.24, 2.45) is 10.7 Å². The summed E-state index contributed by atoms with van der Waals surface area (Å²) in [5, 5.41) is 0. The van der Waals surface area contributed by atoms with Gasteiger partial charge in [0.2, 0.25) is 0 Å². The minimum absolute atomic E-state index is 0.140. The average molecular weight is 289 g/mol. The molecule has 0 aromatic heterocycles. The summed E-state index contributed by atoms with van der Waals surface area (Å²) in [6.45, 7) is 0.690. The number of aliphatic imine (C=N–C) groups is 1. The number of rotatable bonds is 3. The summed E-state index contributed by atoms with van der Waals surface area (Å²) in [6, 6.07) is 7.96. The Hall–Kier alpha value is -1.75. The summed E-state index contributed by atoms with van der Waals surface area (Å²) in [5.74, 6) is 1.38. The number of para-hydroxylation sites is 2. The summed E-state index contributed by atoms with van der Waals surface area (Å²) in [7, 11) is 3.47. The van der Waals surface area contributed by atoms with Gasteiger partial charge in [0.1, 0.15) is 5.75 Å². The van der Waals surface area contributed by atoms with Crippen molar-refractivity contribution in [2.45, 2.75) is 37.3 Å². The number of hydrogen-bond donors (Lipinski definition) is 1. The molecule has 0 amide bonds. The summed E-state index contributed by atoms with van der Waals surface area (Å²) in [6.07, 6.45) is 4.59. The van der Waals surface area contributed by atoms with Crippen LogP contribution in [0.5, 0.6) is 5.75 Å². The van der Waals surface area contributed by atoms with E-state index in [1.807, 2.05) is 24.3 Å². The molecule has 2 atom stereocenters. The van der Waals surface area contributed by atoms with Crippen LogP contribution >= 0.6 is 0 Å². The van der Waals surface area contributed by atoms with Gasteiger partial charge in [0.25, 0.3) is 0 Å². The van der Waals surface area contributed by atoms with Crippen LogP contribution in [-0.2, 0) is 4.74 Å². The molecule has 0 bridgehead atoms. The van der Waals surface area contributed by atoms with Crippen molar-refractivity contribution in [1.82, 2.24) is 0 Å². The van der Waals surface area contributed by atoms with Crippen LogP contribution in [0.3, 0.4) is 0 Å². The van der Waals surface area contributed by atoms with E-state index in [1.165, 1.54) is 12.8 Å². The van der Waals surface area contributed by atoms with E-state index in [0.717, 1.165) is 24.3 Å². The first-order chi connectivity index (χ1) is 10.2. The Morgan fingerprint density at radius 1 is 1.29 bits per heavy atom. The molecule has 1 saturated carbocycles. The monoisotopic (exact) mass is 289 g/mol. The molecule has 1 aromatic rings. The van der Waals surface area contributed by atoms with Gasteiger partial charge in [-0.15, -0.1) is 0 Å². The maximum atomic E-state index is 6.22. The SMILES string of the molecule is COc1ccccc1N1C(N)=NCC12CCCCC2OC. The van der Waals surface area contributed by atoms with Crippen molar-refractivity contribution < 1.29 is 9.47 Å². The lowest BCUT2D eigenvalue weighted by atomic mass is 9.78. The molecule has 1 spiro atoms. The van der Waals surface area contributed by atoms with Crippen LogP contribution in [0.4, 0.5) is 5.69 Å². The molecule has 5 nitrogen and oxygen atoms in total. The van der Waals surface area contributed by atoms with E-state index in [2.05, 4.69) is 9.89 Å². The van der Waals surface area contributed by atoms with Gasteiger partial charge in [-0.05, 0) is 25.0 Å². The van der Waals surface area contributed by atoms with Crippen molar-refractivity contribution in [1.29, 1.82) is 0 Å². The number of benzene rings is 1. The number of hydrogen-bond acceptors (Lipinski definition) is 5. The maximum Gasteiger partial charge on any atom is 0.196 e. The Bertz CT molecular complexity index is 546. The number of anilines is 1. The van der Waals surface area contributed by atoms with Crippen LogP contribution in [0, 0.1) is 0 Å². The van der Waals surface area contributed by atoms with Gasteiger partial charge in [0.15, 0.2) is 5.96 Å². The quantitative estimate of drug-likeness (QED) is 0.926. The van der Waals surface area contributed by atoms with Crippen molar-refractivity contribution in [3.63, 3.8) is 0 Å². The number of nitrogens with zero attached hydrogens (tertiary/aromatic N) is 2. The van der Waals surface area contributed by atoms with E-state index in [9.17, 15) is 0 Å². The second-order valence-electron chi connectivity index (χ2n) is 5.76. The zero-order valence-electron chi connectivity index (χ0n) is 12.7. The molecule has 3 rings (SSSR count). The zero-order valence-corrected chi connectivity index (χ0v) is 12.7. The Kier molecular flexibility index (Phi) is 3.76. The Labute approximate surface area is 125 Å².